The topological polar surface area (TPSA) is 64.9 Å². The van der Waals surface area contributed by atoms with Gasteiger partial charge in [0.1, 0.15) is 4.60 Å². The lowest BCUT2D eigenvalue weighted by Gasteiger charge is -1.94. The van der Waals surface area contributed by atoms with Crippen molar-refractivity contribution < 1.29 is 4.52 Å². The Hall–Kier alpha value is -1.10. The second kappa shape index (κ2) is 2.45. The van der Waals surface area contributed by atoms with E-state index in [0.29, 0.717) is 16.0 Å². The quantitative estimate of drug-likeness (QED) is 0.699. The molecule has 0 aliphatic carbocycles. The van der Waals surface area contributed by atoms with Gasteiger partial charge in [0.05, 0.1) is 5.39 Å². The van der Waals surface area contributed by atoms with E-state index in [2.05, 4.69) is 26.1 Å². The van der Waals surface area contributed by atoms with E-state index in [1.54, 1.807) is 6.20 Å². The first-order valence-electron chi connectivity index (χ1n) is 3.36. The average Bonchev–Trinajstić information content (AvgIpc) is 2.42. The van der Waals surface area contributed by atoms with Crippen molar-refractivity contribution in [1.29, 1.82) is 0 Å². The van der Waals surface area contributed by atoms with Gasteiger partial charge in [-0.3, -0.25) is 0 Å². The van der Waals surface area contributed by atoms with Crippen LogP contribution in [0.4, 0.5) is 5.82 Å². The fourth-order valence-electron chi connectivity index (χ4n) is 1.05. The molecule has 0 aliphatic rings. The molecule has 0 aromatic carbocycles. The Morgan fingerprint density at radius 3 is 3.00 bits per heavy atom. The molecule has 0 saturated carbocycles. The van der Waals surface area contributed by atoms with Crippen LogP contribution in [0.5, 0.6) is 0 Å². The highest BCUT2D eigenvalue weighted by Crippen LogP contribution is 2.28. The fourth-order valence-corrected chi connectivity index (χ4v) is 1.53. The molecule has 0 atom stereocenters. The highest BCUT2D eigenvalue weighted by atomic mass is 79.9. The van der Waals surface area contributed by atoms with Crippen LogP contribution in [0, 0.1) is 6.92 Å². The molecule has 12 heavy (non-hydrogen) atoms. The van der Waals surface area contributed by atoms with Crippen LogP contribution in [0.15, 0.2) is 15.3 Å². The van der Waals surface area contributed by atoms with Crippen LogP contribution in [0.3, 0.4) is 0 Å². The minimum Gasteiger partial charge on any atom is -0.380 e. The molecule has 0 saturated heterocycles. The number of pyridine rings is 1. The number of hydrogen-bond donors (Lipinski definition) is 1. The summed E-state index contributed by atoms with van der Waals surface area (Å²) in [4.78, 5) is 4.08. The van der Waals surface area contributed by atoms with Crippen molar-refractivity contribution >= 4 is 32.7 Å². The van der Waals surface area contributed by atoms with Gasteiger partial charge in [-0.2, -0.15) is 0 Å². The molecule has 5 heteroatoms. The number of aromatic nitrogens is 2. The Labute approximate surface area is 76.9 Å². The third kappa shape index (κ3) is 0.896. The average molecular weight is 228 g/mol. The van der Waals surface area contributed by atoms with Crippen LogP contribution in [0.1, 0.15) is 5.56 Å². The first-order chi connectivity index (χ1) is 5.70. The molecule has 2 rings (SSSR count). The van der Waals surface area contributed by atoms with Crippen molar-refractivity contribution in [3.05, 3.63) is 16.4 Å². The fraction of sp³-hybridized carbons (Fsp3) is 0.143. The number of fused-ring (bicyclic) bond motifs is 1. The van der Waals surface area contributed by atoms with E-state index in [-0.39, 0.29) is 0 Å². The number of halogens is 1. The van der Waals surface area contributed by atoms with Crippen LogP contribution in [0.2, 0.25) is 0 Å². The first-order valence-corrected chi connectivity index (χ1v) is 4.15. The second-order valence-corrected chi connectivity index (χ2v) is 3.26. The molecule has 2 heterocycles. The molecule has 0 aliphatic heterocycles. The van der Waals surface area contributed by atoms with E-state index in [0.717, 1.165) is 10.9 Å². The zero-order chi connectivity index (χ0) is 8.72. The number of hydrogen-bond acceptors (Lipinski definition) is 4. The van der Waals surface area contributed by atoms with Gasteiger partial charge >= 0.3 is 0 Å². The molecule has 2 aromatic heterocycles. The predicted molar refractivity (Wildman–Crippen MR) is 48.7 cm³/mol. The zero-order valence-corrected chi connectivity index (χ0v) is 7.92. The van der Waals surface area contributed by atoms with Crippen LogP contribution < -0.4 is 5.73 Å². The van der Waals surface area contributed by atoms with Gasteiger partial charge in [0, 0.05) is 11.8 Å². The molecule has 4 nitrogen and oxygen atoms in total. The molecule has 0 amide bonds. The van der Waals surface area contributed by atoms with Crippen LogP contribution in [-0.2, 0) is 0 Å². The van der Waals surface area contributed by atoms with Gasteiger partial charge in [-0.05, 0) is 22.9 Å². The maximum Gasteiger partial charge on any atom is 0.177 e. The molecule has 2 N–H and O–H groups in total. The summed E-state index contributed by atoms with van der Waals surface area (Å²) in [6, 6.07) is 0. The minimum absolute atomic E-state index is 0.369. The van der Waals surface area contributed by atoms with E-state index < -0.39 is 0 Å². The Morgan fingerprint density at radius 2 is 2.33 bits per heavy atom. The van der Waals surface area contributed by atoms with Crippen molar-refractivity contribution in [2.24, 2.45) is 0 Å². The lowest BCUT2D eigenvalue weighted by atomic mass is 10.2. The van der Waals surface area contributed by atoms with Gasteiger partial charge in [-0.15, -0.1) is 0 Å². The van der Waals surface area contributed by atoms with Crippen molar-refractivity contribution in [2.75, 3.05) is 5.73 Å². The molecule has 62 valence electrons. The molecule has 0 bridgehead atoms. The third-order valence-electron chi connectivity index (χ3n) is 1.65. The highest BCUT2D eigenvalue weighted by molar-refractivity contribution is 9.10. The predicted octanol–water partition coefficient (Wildman–Crippen LogP) is 1.88. The summed E-state index contributed by atoms with van der Waals surface area (Å²) < 4.78 is 5.68. The minimum atomic E-state index is 0.369. The summed E-state index contributed by atoms with van der Waals surface area (Å²) in [7, 11) is 0. The zero-order valence-electron chi connectivity index (χ0n) is 6.34. The summed E-state index contributed by atoms with van der Waals surface area (Å²) >= 11 is 3.27. The Morgan fingerprint density at radius 1 is 1.58 bits per heavy atom. The first kappa shape index (κ1) is 7.54. The van der Waals surface area contributed by atoms with Gasteiger partial charge in [0.25, 0.3) is 0 Å². The van der Waals surface area contributed by atoms with Gasteiger partial charge < -0.3 is 10.3 Å². The lowest BCUT2D eigenvalue weighted by molar-refractivity contribution is 0.459. The standard InChI is InChI=1S/C7H6BrN3O/c1-3-2-10-6(8)4-5(3)12-11-7(4)9/h2H,1H3,(H2,9,11). The molecular weight excluding hydrogens is 222 g/mol. The Kier molecular flexibility index (Phi) is 1.54. The summed E-state index contributed by atoms with van der Waals surface area (Å²) in [5.74, 6) is 0.369. The van der Waals surface area contributed by atoms with Gasteiger partial charge in [0.15, 0.2) is 11.4 Å². The summed E-state index contributed by atoms with van der Waals surface area (Å²) in [5.41, 5.74) is 7.19. The number of aryl methyl sites for hydroxylation is 1. The van der Waals surface area contributed by atoms with Crippen molar-refractivity contribution in [2.45, 2.75) is 6.92 Å². The number of nitrogens with zero attached hydrogens (tertiary/aromatic N) is 2. The SMILES string of the molecule is Cc1cnc(Br)c2c(N)noc12. The molecular formula is C7H6BrN3O. The summed E-state index contributed by atoms with van der Waals surface area (Å²) in [6.07, 6.45) is 1.71. The van der Waals surface area contributed by atoms with E-state index in [4.69, 9.17) is 10.3 Å². The van der Waals surface area contributed by atoms with E-state index >= 15 is 0 Å². The lowest BCUT2D eigenvalue weighted by Crippen LogP contribution is -1.86. The number of anilines is 1. The maximum atomic E-state index is 5.57. The van der Waals surface area contributed by atoms with Gasteiger partial charge in [-0.25, -0.2) is 4.98 Å². The maximum absolute atomic E-state index is 5.57. The molecule has 0 unspecified atom stereocenters. The number of nitrogen functional groups attached to an aromatic ring is 1. The molecule has 0 radical (unpaired) electrons. The van der Waals surface area contributed by atoms with Gasteiger partial charge in [-0.1, -0.05) is 5.16 Å². The monoisotopic (exact) mass is 227 g/mol. The largest absolute Gasteiger partial charge is 0.380 e. The van der Waals surface area contributed by atoms with Gasteiger partial charge in [0.2, 0.25) is 0 Å². The molecule has 2 aromatic rings. The smallest absolute Gasteiger partial charge is 0.177 e. The highest BCUT2D eigenvalue weighted by Gasteiger charge is 2.11. The second-order valence-electron chi connectivity index (χ2n) is 2.50. The normalized spacial score (nSPS) is 10.8. The van der Waals surface area contributed by atoms with Crippen molar-refractivity contribution in [3.8, 4) is 0 Å². The van der Waals surface area contributed by atoms with E-state index in [1.807, 2.05) is 6.92 Å². The van der Waals surface area contributed by atoms with E-state index in [9.17, 15) is 0 Å². The van der Waals surface area contributed by atoms with Crippen LogP contribution >= 0.6 is 15.9 Å². The van der Waals surface area contributed by atoms with Crippen LogP contribution in [0.25, 0.3) is 11.0 Å². The Bertz CT molecular complexity index is 437. The van der Waals surface area contributed by atoms with Crippen LogP contribution in [-0.4, -0.2) is 10.1 Å². The Balaban J connectivity index is 2.98. The number of nitrogens with two attached hydrogens (primary N) is 1. The number of rotatable bonds is 0. The van der Waals surface area contributed by atoms with E-state index in [1.165, 1.54) is 0 Å². The summed E-state index contributed by atoms with van der Waals surface area (Å²) in [5, 5.41) is 4.40. The summed E-state index contributed by atoms with van der Waals surface area (Å²) in [6.45, 7) is 1.90. The third-order valence-corrected chi connectivity index (χ3v) is 2.26. The van der Waals surface area contributed by atoms with Crippen molar-refractivity contribution in [3.63, 3.8) is 0 Å². The molecule has 0 spiro atoms. The van der Waals surface area contributed by atoms with Crippen molar-refractivity contribution in [1.82, 2.24) is 10.1 Å². The molecule has 0 fully saturated rings.